The van der Waals surface area contributed by atoms with Gasteiger partial charge in [-0.3, -0.25) is 9.78 Å². The Hall–Kier alpha value is -2.65. The van der Waals surface area contributed by atoms with E-state index in [4.69, 9.17) is 11.6 Å². The average Bonchev–Trinajstić information content (AvgIpc) is 2.67. The number of fused-ring (bicyclic) bond motifs is 3. The highest BCUT2D eigenvalue weighted by atomic mass is 35.5. The number of carbonyl (C=O) groups is 1. The van der Waals surface area contributed by atoms with Gasteiger partial charge < -0.3 is 5.32 Å². The molecule has 1 unspecified atom stereocenters. The Morgan fingerprint density at radius 2 is 1.88 bits per heavy atom. The van der Waals surface area contributed by atoms with Crippen LogP contribution in [0.25, 0.3) is 10.9 Å². The van der Waals surface area contributed by atoms with Gasteiger partial charge in [0.2, 0.25) is 0 Å². The molecule has 0 fully saturated rings. The third kappa shape index (κ3) is 2.35. The molecule has 0 radical (unpaired) electrons. The van der Waals surface area contributed by atoms with Crippen molar-refractivity contribution in [3.63, 3.8) is 0 Å². The SMILES string of the molecule is O=C1CCCC2=C1C(c1ccc(Cl)cc1)c1c(ccc3ncccc13)N2. The van der Waals surface area contributed by atoms with Gasteiger partial charge in [0.1, 0.15) is 0 Å². The molecule has 1 atom stereocenters. The minimum Gasteiger partial charge on any atom is -0.358 e. The molecule has 2 aliphatic rings. The number of halogens is 1. The summed E-state index contributed by atoms with van der Waals surface area (Å²) in [4.78, 5) is 17.4. The van der Waals surface area contributed by atoms with Crippen molar-refractivity contribution < 1.29 is 4.79 Å². The maximum Gasteiger partial charge on any atom is 0.161 e. The van der Waals surface area contributed by atoms with Crippen molar-refractivity contribution in [3.8, 4) is 0 Å². The number of ketones is 1. The van der Waals surface area contributed by atoms with Gasteiger partial charge in [-0.2, -0.15) is 0 Å². The Morgan fingerprint density at radius 1 is 1.04 bits per heavy atom. The fraction of sp³-hybridized carbons (Fsp3) is 0.182. The van der Waals surface area contributed by atoms with Crippen molar-refractivity contribution in [3.05, 3.63) is 82.1 Å². The molecule has 26 heavy (non-hydrogen) atoms. The number of Topliss-reactive ketones (excluding diaryl/α,β-unsaturated/α-hetero) is 1. The van der Waals surface area contributed by atoms with Gasteiger partial charge in [-0.15, -0.1) is 0 Å². The maximum absolute atomic E-state index is 12.9. The van der Waals surface area contributed by atoms with E-state index in [-0.39, 0.29) is 11.7 Å². The molecular weight excluding hydrogens is 344 g/mol. The second kappa shape index (κ2) is 5.96. The van der Waals surface area contributed by atoms with Crippen LogP contribution in [0.15, 0.2) is 66.0 Å². The van der Waals surface area contributed by atoms with Crippen LogP contribution in [0, 0.1) is 0 Å². The number of rotatable bonds is 1. The standard InChI is InChI=1S/C22H17ClN2O/c23-14-8-6-13(7-9-14)20-21-15-3-2-12-24-16(15)10-11-18(21)25-17-4-1-5-19(26)22(17)20/h2-3,6-12,20,25H,1,4-5H2. The molecule has 3 aromatic rings. The third-order valence-corrected chi connectivity index (χ3v) is 5.60. The summed E-state index contributed by atoms with van der Waals surface area (Å²) < 4.78 is 0. The highest BCUT2D eigenvalue weighted by Crippen LogP contribution is 2.47. The fourth-order valence-corrected chi connectivity index (χ4v) is 4.35. The Morgan fingerprint density at radius 3 is 2.73 bits per heavy atom. The molecule has 128 valence electrons. The largest absolute Gasteiger partial charge is 0.358 e. The molecule has 1 N–H and O–H groups in total. The summed E-state index contributed by atoms with van der Waals surface area (Å²) in [5.41, 5.74) is 6.21. The van der Waals surface area contributed by atoms with Crippen LogP contribution in [-0.4, -0.2) is 10.8 Å². The Bertz CT molecular complexity index is 1070. The summed E-state index contributed by atoms with van der Waals surface area (Å²) >= 11 is 6.11. The van der Waals surface area contributed by atoms with Crippen molar-refractivity contribution in [2.45, 2.75) is 25.2 Å². The minimum absolute atomic E-state index is 0.0841. The lowest BCUT2D eigenvalue weighted by Gasteiger charge is -2.34. The summed E-state index contributed by atoms with van der Waals surface area (Å²) in [7, 11) is 0. The van der Waals surface area contributed by atoms with Gasteiger partial charge >= 0.3 is 0 Å². The van der Waals surface area contributed by atoms with Crippen molar-refractivity contribution >= 4 is 34.0 Å². The normalized spacial score (nSPS) is 19.1. The first-order chi connectivity index (χ1) is 12.7. The van der Waals surface area contributed by atoms with Gasteiger partial charge in [0.25, 0.3) is 0 Å². The zero-order valence-corrected chi connectivity index (χ0v) is 14.9. The van der Waals surface area contributed by atoms with Gasteiger partial charge in [-0.05, 0) is 54.3 Å². The van der Waals surface area contributed by atoms with Crippen LogP contribution in [0.3, 0.4) is 0 Å². The molecule has 0 saturated carbocycles. The molecule has 0 saturated heterocycles. The number of pyridine rings is 1. The van der Waals surface area contributed by atoms with Gasteiger partial charge in [-0.1, -0.05) is 29.8 Å². The molecule has 1 aliphatic carbocycles. The molecule has 2 aromatic carbocycles. The lowest BCUT2D eigenvalue weighted by atomic mass is 9.74. The summed E-state index contributed by atoms with van der Waals surface area (Å²) in [6.45, 7) is 0. The number of aromatic nitrogens is 1. The first-order valence-corrected chi connectivity index (χ1v) is 9.26. The lowest BCUT2D eigenvalue weighted by molar-refractivity contribution is -0.116. The second-order valence-electron chi connectivity index (χ2n) is 6.88. The number of nitrogens with one attached hydrogen (secondary N) is 1. The molecule has 4 heteroatoms. The lowest BCUT2D eigenvalue weighted by Crippen LogP contribution is -2.27. The maximum atomic E-state index is 12.9. The number of carbonyl (C=O) groups excluding carboxylic acids is 1. The molecule has 0 spiro atoms. The average molecular weight is 361 g/mol. The molecule has 5 rings (SSSR count). The van der Waals surface area contributed by atoms with Crippen LogP contribution >= 0.6 is 11.6 Å². The number of hydrogen-bond acceptors (Lipinski definition) is 3. The van der Waals surface area contributed by atoms with Gasteiger partial charge in [-0.25, -0.2) is 0 Å². The van der Waals surface area contributed by atoms with Crippen LogP contribution in [0.2, 0.25) is 5.02 Å². The van der Waals surface area contributed by atoms with Crippen LogP contribution in [0.4, 0.5) is 5.69 Å². The van der Waals surface area contributed by atoms with Crippen molar-refractivity contribution in [1.29, 1.82) is 0 Å². The first-order valence-electron chi connectivity index (χ1n) is 8.89. The number of anilines is 1. The number of nitrogens with zero attached hydrogens (tertiary/aromatic N) is 1. The Kier molecular flexibility index (Phi) is 3.57. The van der Waals surface area contributed by atoms with E-state index >= 15 is 0 Å². The van der Waals surface area contributed by atoms with E-state index in [0.717, 1.165) is 51.8 Å². The summed E-state index contributed by atoms with van der Waals surface area (Å²) in [6, 6.07) is 16.0. The summed E-state index contributed by atoms with van der Waals surface area (Å²) in [5, 5.41) is 5.32. The number of benzene rings is 2. The predicted molar refractivity (Wildman–Crippen MR) is 105 cm³/mol. The van der Waals surface area contributed by atoms with Gasteiger partial charge in [0, 0.05) is 45.9 Å². The number of allylic oxidation sites excluding steroid dienone is 2. The van der Waals surface area contributed by atoms with E-state index in [1.807, 2.05) is 36.4 Å². The van der Waals surface area contributed by atoms with Crippen molar-refractivity contribution in [2.24, 2.45) is 0 Å². The van der Waals surface area contributed by atoms with E-state index < -0.39 is 0 Å². The van der Waals surface area contributed by atoms with Crippen molar-refractivity contribution in [1.82, 2.24) is 4.98 Å². The Balaban J connectivity index is 1.83. The molecule has 1 aliphatic heterocycles. The van der Waals surface area contributed by atoms with Gasteiger partial charge in [0.05, 0.1) is 5.52 Å². The Labute approximate surface area is 156 Å². The van der Waals surface area contributed by atoms with E-state index in [1.54, 1.807) is 6.20 Å². The zero-order chi connectivity index (χ0) is 17.7. The molecule has 1 aromatic heterocycles. The van der Waals surface area contributed by atoms with Gasteiger partial charge in [0.15, 0.2) is 5.78 Å². The smallest absolute Gasteiger partial charge is 0.161 e. The zero-order valence-electron chi connectivity index (χ0n) is 14.1. The summed E-state index contributed by atoms with van der Waals surface area (Å²) in [6.07, 6.45) is 4.24. The molecule has 3 nitrogen and oxygen atoms in total. The van der Waals surface area contributed by atoms with Crippen LogP contribution < -0.4 is 5.32 Å². The third-order valence-electron chi connectivity index (χ3n) is 5.35. The van der Waals surface area contributed by atoms with E-state index in [9.17, 15) is 4.79 Å². The van der Waals surface area contributed by atoms with Crippen LogP contribution in [0.1, 0.15) is 36.3 Å². The molecule has 0 bridgehead atoms. The van der Waals surface area contributed by atoms with E-state index in [0.29, 0.717) is 11.4 Å². The quantitative estimate of drug-likeness (QED) is 0.627. The molecule has 0 amide bonds. The van der Waals surface area contributed by atoms with Crippen molar-refractivity contribution in [2.75, 3.05) is 5.32 Å². The topological polar surface area (TPSA) is 42.0 Å². The van der Waals surface area contributed by atoms with E-state index in [1.165, 1.54) is 0 Å². The predicted octanol–water partition coefficient (Wildman–Crippen LogP) is 5.45. The van der Waals surface area contributed by atoms with E-state index in [2.05, 4.69) is 22.4 Å². The monoisotopic (exact) mass is 360 g/mol. The number of hydrogen-bond donors (Lipinski definition) is 1. The second-order valence-corrected chi connectivity index (χ2v) is 7.31. The fourth-order valence-electron chi connectivity index (χ4n) is 4.22. The highest BCUT2D eigenvalue weighted by molar-refractivity contribution is 6.30. The first kappa shape index (κ1) is 15.6. The molecule has 2 heterocycles. The minimum atomic E-state index is -0.0841. The summed E-state index contributed by atoms with van der Waals surface area (Å²) in [5.74, 6) is 0.157. The highest BCUT2D eigenvalue weighted by Gasteiger charge is 2.36. The van der Waals surface area contributed by atoms with Crippen LogP contribution in [0.5, 0.6) is 0 Å². The van der Waals surface area contributed by atoms with Crippen LogP contribution in [-0.2, 0) is 4.79 Å². The molecular formula is C22H17ClN2O.